The predicted octanol–water partition coefficient (Wildman–Crippen LogP) is -0.281. The molecule has 1 fully saturated rings. The summed E-state index contributed by atoms with van der Waals surface area (Å²) in [5.41, 5.74) is 0. The van der Waals surface area contributed by atoms with Gasteiger partial charge in [-0.3, -0.25) is 0 Å². The van der Waals surface area contributed by atoms with Crippen LogP contribution in [0.4, 0.5) is 4.79 Å². The second-order valence-electron chi connectivity index (χ2n) is 2.25. The van der Waals surface area contributed by atoms with Gasteiger partial charge in [0.1, 0.15) is 0 Å². The van der Waals surface area contributed by atoms with Crippen molar-refractivity contribution >= 4 is 6.09 Å². The van der Waals surface area contributed by atoms with Crippen molar-refractivity contribution in [2.24, 2.45) is 0 Å². The fraction of sp³-hybridized carbons (Fsp3) is 0.833. The summed E-state index contributed by atoms with van der Waals surface area (Å²) < 4.78 is 4.42. The summed E-state index contributed by atoms with van der Waals surface area (Å²) in [6.45, 7) is 1.59. The normalized spacial score (nSPS) is 24.3. The lowest BCUT2D eigenvalue weighted by molar-refractivity contribution is 0.167. The van der Waals surface area contributed by atoms with Crippen LogP contribution in [0.1, 0.15) is 6.42 Å². The Kier molecular flexibility index (Phi) is 2.50. The highest BCUT2D eigenvalue weighted by atomic mass is 16.5. The van der Waals surface area contributed by atoms with Gasteiger partial charge in [0.25, 0.3) is 0 Å². The predicted molar refractivity (Wildman–Crippen MR) is 35.8 cm³/mol. The number of amides is 1. The minimum Gasteiger partial charge on any atom is -0.453 e. The molecule has 1 amide bonds. The van der Waals surface area contributed by atoms with Crippen LogP contribution in [0.15, 0.2) is 0 Å². The van der Waals surface area contributed by atoms with Crippen LogP contribution in [0.5, 0.6) is 0 Å². The SMILES string of the molecule is COC(=O)NC1CC[N]C1. The summed E-state index contributed by atoms with van der Waals surface area (Å²) in [5, 5.41) is 6.76. The molecule has 0 saturated carbocycles. The quantitative estimate of drug-likeness (QED) is 0.548. The zero-order valence-electron chi connectivity index (χ0n) is 5.96. The van der Waals surface area contributed by atoms with Crippen LogP contribution in [0.3, 0.4) is 0 Å². The molecule has 1 aliphatic heterocycles. The molecule has 1 heterocycles. The molecule has 0 aromatic carbocycles. The van der Waals surface area contributed by atoms with Gasteiger partial charge in [0.2, 0.25) is 0 Å². The van der Waals surface area contributed by atoms with Gasteiger partial charge in [-0.2, -0.15) is 0 Å². The van der Waals surface area contributed by atoms with Gasteiger partial charge in [0, 0.05) is 19.1 Å². The first-order valence-electron chi connectivity index (χ1n) is 3.30. The first kappa shape index (κ1) is 7.34. The van der Waals surface area contributed by atoms with Crippen LogP contribution < -0.4 is 10.6 Å². The average molecular weight is 143 g/mol. The maximum Gasteiger partial charge on any atom is 0.407 e. The third-order valence-corrected chi connectivity index (χ3v) is 1.49. The molecule has 0 aliphatic carbocycles. The zero-order chi connectivity index (χ0) is 7.40. The highest BCUT2D eigenvalue weighted by molar-refractivity contribution is 5.67. The van der Waals surface area contributed by atoms with E-state index in [9.17, 15) is 4.79 Å². The number of carbonyl (C=O) groups excluding carboxylic acids is 1. The lowest BCUT2D eigenvalue weighted by atomic mass is 10.3. The number of alkyl carbamates (subject to hydrolysis) is 1. The fourth-order valence-corrected chi connectivity index (χ4v) is 0.929. The molecule has 0 spiro atoms. The number of rotatable bonds is 1. The van der Waals surface area contributed by atoms with Crippen LogP contribution in [0, 0.1) is 0 Å². The smallest absolute Gasteiger partial charge is 0.407 e. The van der Waals surface area contributed by atoms with Crippen LogP contribution >= 0.6 is 0 Å². The first-order valence-corrected chi connectivity index (χ1v) is 3.30. The summed E-state index contributed by atoms with van der Waals surface area (Å²) in [5.74, 6) is 0. The van der Waals surface area contributed by atoms with Crippen molar-refractivity contribution in [2.45, 2.75) is 12.5 Å². The maximum absolute atomic E-state index is 10.6. The minimum atomic E-state index is -0.359. The lowest BCUT2D eigenvalue weighted by Gasteiger charge is -2.08. The number of carbonyl (C=O) groups is 1. The molecule has 1 unspecified atom stereocenters. The molecule has 1 radical (unpaired) electrons. The molecule has 1 saturated heterocycles. The van der Waals surface area contributed by atoms with Crippen molar-refractivity contribution in [3.8, 4) is 0 Å². The molecular weight excluding hydrogens is 132 g/mol. The molecule has 1 atom stereocenters. The van der Waals surface area contributed by atoms with Crippen LogP contribution in [-0.4, -0.2) is 32.3 Å². The van der Waals surface area contributed by atoms with Gasteiger partial charge in [0.05, 0.1) is 7.11 Å². The van der Waals surface area contributed by atoms with Crippen molar-refractivity contribution < 1.29 is 9.53 Å². The van der Waals surface area contributed by atoms with Gasteiger partial charge >= 0.3 is 6.09 Å². The van der Waals surface area contributed by atoms with E-state index in [1.807, 2.05) is 0 Å². The van der Waals surface area contributed by atoms with E-state index in [-0.39, 0.29) is 12.1 Å². The Bertz CT molecular complexity index is 121. The Labute approximate surface area is 59.9 Å². The van der Waals surface area contributed by atoms with E-state index in [1.165, 1.54) is 7.11 Å². The fourth-order valence-electron chi connectivity index (χ4n) is 0.929. The standard InChI is InChI=1S/C6H11N2O2/c1-10-6(9)8-5-2-3-7-4-5/h5H,2-4H2,1H3,(H,8,9). The monoisotopic (exact) mass is 143 g/mol. The summed E-state index contributed by atoms with van der Waals surface area (Å²) in [6.07, 6.45) is 0.580. The number of nitrogens with zero attached hydrogens (tertiary/aromatic N) is 1. The molecule has 4 heteroatoms. The van der Waals surface area contributed by atoms with Gasteiger partial charge in [-0.15, -0.1) is 0 Å². The number of hydrogen-bond acceptors (Lipinski definition) is 2. The van der Waals surface area contributed by atoms with Crippen LogP contribution in [0.2, 0.25) is 0 Å². The van der Waals surface area contributed by atoms with E-state index in [2.05, 4.69) is 15.4 Å². The second-order valence-corrected chi connectivity index (χ2v) is 2.25. The van der Waals surface area contributed by atoms with Crippen molar-refractivity contribution in [1.29, 1.82) is 0 Å². The van der Waals surface area contributed by atoms with E-state index < -0.39 is 0 Å². The maximum atomic E-state index is 10.6. The van der Waals surface area contributed by atoms with E-state index in [0.29, 0.717) is 0 Å². The second kappa shape index (κ2) is 3.41. The number of nitrogens with one attached hydrogen (secondary N) is 1. The highest BCUT2D eigenvalue weighted by Gasteiger charge is 2.17. The van der Waals surface area contributed by atoms with Crippen molar-refractivity contribution in [2.75, 3.05) is 20.2 Å². The number of hydrogen-bond donors (Lipinski definition) is 1. The molecular formula is C6H11N2O2. The third kappa shape index (κ3) is 1.88. The Morgan fingerprint density at radius 1 is 1.80 bits per heavy atom. The summed E-state index contributed by atoms with van der Waals surface area (Å²) in [6, 6.07) is 0.201. The topological polar surface area (TPSA) is 52.4 Å². The largest absolute Gasteiger partial charge is 0.453 e. The Morgan fingerprint density at radius 2 is 2.60 bits per heavy atom. The molecule has 1 rings (SSSR count). The summed E-state index contributed by atoms with van der Waals surface area (Å²) in [7, 11) is 1.36. The van der Waals surface area contributed by atoms with Gasteiger partial charge in [0.15, 0.2) is 0 Å². The highest BCUT2D eigenvalue weighted by Crippen LogP contribution is 1.98. The third-order valence-electron chi connectivity index (χ3n) is 1.49. The van der Waals surface area contributed by atoms with Crippen molar-refractivity contribution in [3.05, 3.63) is 0 Å². The van der Waals surface area contributed by atoms with Crippen molar-refractivity contribution in [1.82, 2.24) is 10.6 Å². The van der Waals surface area contributed by atoms with E-state index >= 15 is 0 Å². The van der Waals surface area contributed by atoms with E-state index in [0.717, 1.165) is 19.5 Å². The minimum absolute atomic E-state index is 0.201. The molecule has 4 nitrogen and oxygen atoms in total. The van der Waals surface area contributed by atoms with Gasteiger partial charge in [-0.25, -0.2) is 10.1 Å². The Hall–Kier alpha value is -0.770. The zero-order valence-corrected chi connectivity index (χ0v) is 5.96. The molecule has 57 valence electrons. The molecule has 0 aromatic heterocycles. The Morgan fingerprint density at radius 3 is 3.10 bits per heavy atom. The first-order chi connectivity index (χ1) is 4.83. The molecule has 10 heavy (non-hydrogen) atoms. The molecule has 0 aromatic rings. The number of methoxy groups -OCH3 is 1. The van der Waals surface area contributed by atoms with E-state index in [1.54, 1.807) is 0 Å². The lowest BCUT2D eigenvalue weighted by Crippen LogP contribution is -2.35. The average Bonchev–Trinajstić information content (AvgIpc) is 2.40. The summed E-state index contributed by atoms with van der Waals surface area (Å²) in [4.78, 5) is 10.6. The Balaban J connectivity index is 2.17. The number of ether oxygens (including phenoxy) is 1. The summed E-state index contributed by atoms with van der Waals surface area (Å²) >= 11 is 0. The van der Waals surface area contributed by atoms with E-state index in [4.69, 9.17) is 0 Å². The van der Waals surface area contributed by atoms with Crippen LogP contribution in [0.25, 0.3) is 0 Å². The molecule has 0 bridgehead atoms. The van der Waals surface area contributed by atoms with Crippen LogP contribution in [-0.2, 0) is 4.74 Å². The molecule has 1 aliphatic rings. The van der Waals surface area contributed by atoms with Crippen molar-refractivity contribution in [3.63, 3.8) is 0 Å². The molecule has 1 N–H and O–H groups in total. The van der Waals surface area contributed by atoms with Gasteiger partial charge < -0.3 is 10.1 Å². The van der Waals surface area contributed by atoms with Gasteiger partial charge in [-0.05, 0) is 6.42 Å². The van der Waals surface area contributed by atoms with Gasteiger partial charge in [-0.1, -0.05) is 0 Å².